The van der Waals surface area contributed by atoms with Crippen LogP contribution in [-0.4, -0.2) is 9.78 Å². The number of nitrogens with zero attached hydrogens (tertiary/aromatic N) is 2. The van der Waals surface area contributed by atoms with Crippen molar-refractivity contribution in [1.82, 2.24) is 9.78 Å². The Morgan fingerprint density at radius 1 is 1.39 bits per heavy atom. The van der Waals surface area contributed by atoms with Gasteiger partial charge in [0.1, 0.15) is 0 Å². The molecule has 0 bridgehead atoms. The highest BCUT2D eigenvalue weighted by atomic mass is 35.5. The van der Waals surface area contributed by atoms with E-state index in [-0.39, 0.29) is 6.04 Å². The fourth-order valence-corrected chi connectivity index (χ4v) is 2.33. The number of rotatable bonds is 4. The van der Waals surface area contributed by atoms with Crippen LogP contribution in [0, 0.1) is 6.92 Å². The van der Waals surface area contributed by atoms with E-state index < -0.39 is 0 Å². The first kappa shape index (κ1) is 13.1. The Morgan fingerprint density at radius 2 is 2.17 bits per heavy atom. The number of benzene rings is 1. The average molecular weight is 264 g/mol. The highest BCUT2D eigenvalue weighted by Gasteiger charge is 2.12. The SMILES string of the molecule is Cc1cccc(C(N)CCc2ccnn2C)c1Cl. The van der Waals surface area contributed by atoms with Crippen molar-refractivity contribution < 1.29 is 0 Å². The van der Waals surface area contributed by atoms with Gasteiger partial charge >= 0.3 is 0 Å². The number of aryl methyl sites for hydroxylation is 3. The van der Waals surface area contributed by atoms with Crippen LogP contribution in [0.5, 0.6) is 0 Å². The molecule has 0 aliphatic heterocycles. The van der Waals surface area contributed by atoms with Crippen molar-refractivity contribution in [3.63, 3.8) is 0 Å². The van der Waals surface area contributed by atoms with Gasteiger partial charge < -0.3 is 5.73 Å². The van der Waals surface area contributed by atoms with Crippen LogP contribution >= 0.6 is 11.6 Å². The van der Waals surface area contributed by atoms with E-state index in [1.165, 1.54) is 5.69 Å². The van der Waals surface area contributed by atoms with Crippen molar-refractivity contribution in [2.75, 3.05) is 0 Å². The second-order valence-electron chi connectivity index (χ2n) is 4.57. The maximum absolute atomic E-state index is 6.28. The summed E-state index contributed by atoms with van der Waals surface area (Å²) < 4.78 is 1.88. The van der Waals surface area contributed by atoms with Gasteiger partial charge in [-0.1, -0.05) is 29.8 Å². The van der Waals surface area contributed by atoms with Crippen LogP contribution in [0.25, 0.3) is 0 Å². The Balaban J connectivity index is 2.06. The molecule has 0 saturated carbocycles. The summed E-state index contributed by atoms with van der Waals surface area (Å²) >= 11 is 6.28. The van der Waals surface area contributed by atoms with Gasteiger partial charge in [0.25, 0.3) is 0 Å². The van der Waals surface area contributed by atoms with Gasteiger partial charge in [-0.3, -0.25) is 4.68 Å². The largest absolute Gasteiger partial charge is 0.324 e. The molecular weight excluding hydrogens is 246 g/mol. The molecule has 1 aromatic heterocycles. The van der Waals surface area contributed by atoms with Crippen LogP contribution < -0.4 is 5.73 Å². The summed E-state index contributed by atoms with van der Waals surface area (Å²) in [7, 11) is 1.94. The van der Waals surface area contributed by atoms with Gasteiger partial charge in [0.2, 0.25) is 0 Å². The predicted octanol–water partition coefficient (Wildman–Crippen LogP) is 3.01. The average Bonchev–Trinajstić information content (AvgIpc) is 2.75. The molecule has 0 aliphatic carbocycles. The minimum Gasteiger partial charge on any atom is -0.324 e. The molecule has 0 spiro atoms. The third-order valence-electron chi connectivity index (χ3n) is 3.26. The van der Waals surface area contributed by atoms with Crippen LogP contribution in [0.3, 0.4) is 0 Å². The quantitative estimate of drug-likeness (QED) is 0.922. The van der Waals surface area contributed by atoms with E-state index in [1.807, 2.05) is 42.9 Å². The second-order valence-corrected chi connectivity index (χ2v) is 4.95. The van der Waals surface area contributed by atoms with Gasteiger partial charge in [0.05, 0.1) is 0 Å². The fraction of sp³-hybridized carbons (Fsp3) is 0.357. The molecule has 4 heteroatoms. The monoisotopic (exact) mass is 263 g/mol. The highest BCUT2D eigenvalue weighted by Crippen LogP contribution is 2.27. The molecule has 0 amide bonds. The fourth-order valence-electron chi connectivity index (χ4n) is 2.06. The van der Waals surface area contributed by atoms with E-state index >= 15 is 0 Å². The van der Waals surface area contributed by atoms with Crippen LogP contribution in [0.1, 0.15) is 29.3 Å². The van der Waals surface area contributed by atoms with Gasteiger partial charge in [-0.15, -0.1) is 0 Å². The normalized spacial score (nSPS) is 12.7. The molecule has 1 aromatic carbocycles. The van der Waals surface area contributed by atoms with E-state index in [0.29, 0.717) is 0 Å². The van der Waals surface area contributed by atoms with Crippen LogP contribution in [0.4, 0.5) is 0 Å². The van der Waals surface area contributed by atoms with Crippen molar-refractivity contribution in [2.24, 2.45) is 12.8 Å². The molecule has 3 nitrogen and oxygen atoms in total. The molecule has 0 radical (unpaired) electrons. The zero-order valence-electron chi connectivity index (χ0n) is 10.7. The number of halogens is 1. The summed E-state index contributed by atoms with van der Waals surface area (Å²) in [5.74, 6) is 0. The smallest absolute Gasteiger partial charge is 0.0492 e. The van der Waals surface area contributed by atoms with E-state index in [0.717, 1.165) is 29.0 Å². The molecule has 1 atom stereocenters. The number of hydrogen-bond acceptors (Lipinski definition) is 2. The molecule has 18 heavy (non-hydrogen) atoms. The second kappa shape index (κ2) is 5.55. The lowest BCUT2D eigenvalue weighted by molar-refractivity contribution is 0.614. The zero-order valence-corrected chi connectivity index (χ0v) is 11.5. The highest BCUT2D eigenvalue weighted by molar-refractivity contribution is 6.32. The van der Waals surface area contributed by atoms with Gasteiger partial charge in [-0.05, 0) is 37.0 Å². The molecular formula is C14H18ClN3. The minimum atomic E-state index is -0.0349. The van der Waals surface area contributed by atoms with E-state index in [4.69, 9.17) is 17.3 Å². The van der Waals surface area contributed by atoms with E-state index in [1.54, 1.807) is 6.20 Å². The summed E-state index contributed by atoms with van der Waals surface area (Å²) in [6.07, 6.45) is 3.57. The van der Waals surface area contributed by atoms with Crippen LogP contribution in [0.15, 0.2) is 30.5 Å². The van der Waals surface area contributed by atoms with Gasteiger partial charge in [0.15, 0.2) is 0 Å². The lowest BCUT2D eigenvalue weighted by Crippen LogP contribution is -2.13. The number of nitrogens with two attached hydrogens (primary N) is 1. The molecule has 2 aromatic rings. The first-order valence-electron chi connectivity index (χ1n) is 6.07. The zero-order chi connectivity index (χ0) is 13.1. The van der Waals surface area contributed by atoms with E-state index in [2.05, 4.69) is 5.10 Å². The first-order valence-corrected chi connectivity index (χ1v) is 6.45. The van der Waals surface area contributed by atoms with Crippen LogP contribution in [0.2, 0.25) is 5.02 Å². The standard InChI is InChI=1S/C14H18ClN3/c1-10-4-3-5-12(14(10)15)13(16)7-6-11-8-9-17-18(11)2/h3-5,8-9,13H,6-7,16H2,1-2H3. The van der Waals surface area contributed by atoms with E-state index in [9.17, 15) is 0 Å². The molecule has 2 rings (SSSR count). The lowest BCUT2D eigenvalue weighted by Gasteiger charge is -2.15. The minimum absolute atomic E-state index is 0.0349. The van der Waals surface area contributed by atoms with Crippen molar-refractivity contribution in [2.45, 2.75) is 25.8 Å². The summed E-state index contributed by atoms with van der Waals surface area (Å²) in [4.78, 5) is 0. The summed E-state index contributed by atoms with van der Waals surface area (Å²) in [6, 6.07) is 7.99. The Labute approximate surface area is 113 Å². The Hall–Kier alpha value is -1.32. The molecule has 0 aliphatic rings. The van der Waals surface area contributed by atoms with Gasteiger partial charge in [-0.2, -0.15) is 5.10 Å². The maximum atomic E-state index is 6.28. The Bertz CT molecular complexity index is 534. The molecule has 1 heterocycles. The lowest BCUT2D eigenvalue weighted by atomic mass is 10.00. The summed E-state index contributed by atoms with van der Waals surface area (Å²) in [5.41, 5.74) is 9.51. The molecule has 1 unspecified atom stereocenters. The van der Waals surface area contributed by atoms with Crippen molar-refractivity contribution in [1.29, 1.82) is 0 Å². The maximum Gasteiger partial charge on any atom is 0.0492 e. The molecule has 96 valence electrons. The third kappa shape index (κ3) is 2.74. The molecule has 0 saturated heterocycles. The van der Waals surface area contributed by atoms with Gasteiger partial charge in [-0.25, -0.2) is 0 Å². The summed E-state index contributed by atoms with van der Waals surface area (Å²) in [6.45, 7) is 2.00. The topological polar surface area (TPSA) is 43.8 Å². The Kier molecular flexibility index (Phi) is 4.04. The number of hydrogen-bond donors (Lipinski definition) is 1. The Morgan fingerprint density at radius 3 is 2.83 bits per heavy atom. The van der Waals surface area contributed by atoms with Crippen LogP contribution in [-0.2, 0) is 13.5 Å². The molecule has 0 fully saturated rings. The van der Waals surface area contributed by atoms with Crippen molar-refractivity contribution in [3.8, 4) is 0 Å². The third-order valence-corrected chi connectivity index (χ3v) is 3.77. The number of aromatic nitrogens is 2. The van der Waals surface area contributed by atoms with Gasteiger partial charge in [0, 0.05) is 30.0 Å². The molecule has 2 N–H and O–H groups in total. The first-order chi connectivity index (χ1) is 8.59. The summed E-state index contributed by atoms with van der Waals surface area (Å²) in [5, 5.41) is 4.94. The van der Waals surface area contributed by atoms with Crippen molar-refractivity contribution in [3.05, 3.63) is 52.3 Å². The predicted molar refractivity (Wildman–Crippen MR) is 74.6 cm³/mol. The van der Waals surface area contributed by atoms with Crippen molar-refractivity contribution >= 4 is 11.6 Å².